The number of nitrogens with zero attached hydrogens (tertiary/aromatic N) is 4. The van der Waals surface area contributed by atoms with Crippen LogP contribution in [0.4, 0.5) is 0 Å². The van der Waals surface area contributed by atoms with Gasteiger partial charge in [0.25, 0.3) is 5.91 Å². The first-order valence-electron chi connectivity index (χ1n) is 9.28. The topological polar surface area (TPSA) is 64.2 Å². The van der Waals surface area contributed by atoms with Crippen molar-refractivity contribution in [2.45, 2.75) is 58.9 Å². The highest BCUT2D eigenvalue weighted by atomic mass is 16.5. The van der Waals surface area contributed by atoms with Crippen LogP contribution >= 0.6 is 0 Å². The van der Waals surface area contributed by atoms with Gasteiger partial charge in [-0.3, -0.25) is 4.79 Å². The van der Waals surface area contributed by atoms with Crippen molar-refractivity contribution >= 4 is 5.91 Å². The fraction of sp³-hybridized carbons (Fsp3) is 0.632. The molecule has 2 aromatic rings. The van der Waals surface area contributed by atoms with E-state index in [1.165, 1.54) is 24.4 Å². The normalized spacial score (nSPS) is 20.9. The van der Waals surface area contributed by atoms with Crippen molar-refractivity contribution in [1.82, 2.24) is 19.6 Å². The number of likely N-dealkylation sites (tertiary alicyclic amines) is 1. The summed E-state index contributed by atoms with van der Waals surface area (Å²) in [5.41, 5.74) is 2.56. The van der Waals surface area contributed by atoms with Crippen LogP contribution in [0, 0.1) is 26.7 Å². The number of rotatable bonds is 4. The van der Waals surface area contributed by atoms with Gasteiger partial charge in [-0.2, -0.15) is 0 Å². The monoisotopic (exact) mass is 342 g/mol. The molecule has 0 bridgehead atoms. The molecular weight excluding hydrogens is 316 g/mol. The number of carbonyl (C=O) groups is 1. The molecule has 1 saturated carbocycles. The number of carbonyl (C=O) groups excluding carboxylic acids is 1. The highest BCUT2D eigenvalue weighted by Gasteiger charge is 2.32. The number of aromatic nitrogens is 3. The summed E-state index contributed by atoms with van der Waals surface area (Å²) in [6, 6.07) is 0. The average molecular weight is 342 g/mol. The van der Waals surface area contributed by atoms with Gasteiger partial charge in [0.1, 0.15) is 17.1 Å². The van der Waals surface area contributed by atoms with Gasteiger partial charge in [0.05, 0.1) is 5.69 Å². The van der Waals surface area contributed by atoms with Gasteiger partial charge in [-0.25, -0.2) is 4.98 Å². The molecule has 3 heterocycles. The van der Waals surface area contributed by atoms with Crippen molar-refractivity contribution in [2.24, 2.45) is 5.92 Å². The van der Waals surface area contributed by atoms with Gasteiger partial charge in [-0.1, -0.05) is 5.16 Å². The Bertz CT molecular complexity index is 768. The number of hydrogen-bond acceptors (Lipinski definition) is 4. The molecule has 1 aliphatic carbocycles. The maximum atomic E-state index is 12.9. The molecule has 6 nitrogen and oxygen atoms in total. The Hall–Kier alpha value is -2.11. The van der Waals surface area contributed by atoms with E-state index in [4.69, 9.17) is 4.52 Å². The summed E-state index contributed by atoms with van der Waals surface area (Å²) in [5.74, 6) is 3.05. The van der Waals surface area contributed by atoms with Crippen molar-refractivity contribution in [3.05, 3.63) is 34.7 Å². The number of imidazole rings is 1. The third-order valence-electron chi connectivity index (χ3n) is 5.52. The van der Waals surface area contributed by atoms with Gasteiger partial charge in [0, 0.05) is 37.4 Å². The minimum absolute atomic E-state index is 0.0609. The predicted octanol–water partition coefficient (Wildman–Crippen LogP) is 3.23. The van der Waals surface area contributed by atoms with Gasteiger partial charge >= 0.3 is 0 Å². The van der Waals surface area contributed by atoms with Crippen LogP contribution in [0.5, 0.6) is 0 Å². The van der Waals surface area contributed by atoms with Crippen LogP contribution in [-0.2, 0) is 6.54 Å². The van der Waals surface area contributed by atoms with Gasteiger partial charge in [0.15, 0.2) is 0 Å². The molecule has 134 valence electrons. The third kappa shape index (κ3) is 3.10. The first kappa shape index (κ1) is 16.4. The van der Waals surface area contributed by atoms with Gasteiger partial charge in [-0.05, 0) is 52.4 Å². The van der Waals surface area contributed by atoms with E-state index in [0.717, 1.165) is 32.5 Å². The Kier molecular flexibility index (Phi) is 4.13. The molecule has 1 saturated heterocycles. The quantitative estimate of drug-likeness (QED) is 0.856. The lowest BCUT2D eigenvalue weighted by atomic mass is 9.96. The molecule has 0 N–H and O–H groups in total. The van der Waals surface area contributed by atoms with Gasteiger partial charge in [-0.15, -0.1) is 0 Å². The van der Waals surface area contributed by atoms with Crippen LogP contribution in [-0.4, -0.2) is 38.6 Å². The van der Waals surface area contributed by atoms with Crippen LogP contribution in [0.25, 0.3) is 0 Å². The molecule has 25 heavy (non-hydrogen) atoms. The molecule has 1 unspecified atom stereocenters. The zero-order valence-electron chi connectivity index (χ0n) is 15.3. The largest absolute Gasteiger partial charge is 0.361 e. The van der Waals surface area contributed by atoms with Crippen LogP contribution in [0.2, 0.25) is 0 Å². The maximum absolute atomic E-state index is 12.9. The summed E-state index contributed by atoms with van der Waals surface area (Å²) in [7, 11) is 0. The minimum Gasteiger partial charge on any atom is -0.361 e. The van der Waals surface area contributed by atoms with Gasteiger partial charge < -0.3 is 14.0 Å². The molecule has 0 spiro atoms. The van der Waals surface area contributed by atoms with E-state index < -0.39 is 0 Å². The summed E-state index contributed by atoms with van der Waals surface area (Å²) >= 11 is 0. The third-order valence-corrected chi connectivity index (χ3v) is 5.52. The van der Waals surface area contributed by atoms with Crippen LogP contribution in [0.1, 0.15) is 64.9 Å². The molecule has 6 heteroatoms. The molecule has 2 aromatic heterocycles. The number of piperidine rings is 1. The summed E-state index contributed by atoms with van der Waals surface area (Å²) < 4.78 is 7.56. The minimum atomic E-state index is 0.0609. The van der Waals surface area contributed by atoms with Crippen molar-refractivity contribution in [2.75, 3.05) is 13.1 Å². The number of hydrogen-bond donors (Lipinski definition) is 0. The molecule has 0 aromatic carbocycles. The fourth-order valence-corrected chi connectivity index (χ4v) is 3.99. The summed E-state index contributed by atoms with van der Waals surface area (Å²) in [6.07, 6.45) is 6.72. The number of amides is 1. The Balaban J connectivity index is 1.48. The second-order valence-corrected chi connectivity index (χ2v) is 7.60. The van der Waals surface area contributed by atoms with E-state index in [1.54, 1.807) is 0 Å². The first-order chi connectivity index (χ1) is 12.0. The van der Waals surface area contributed by atoms with E-state index >= 15 is 0 Å². The Morgan fingerprint density at radius 2 is 2.08 bits per heavy atom. The van der Waals surface area contributed by atoms with Crippen molar-refractivity contribution in [3.63, 3.8) is 0 Å². The summed E-state index contributed by atoms with van der Waals surface area (Å²) in [5, 5.41) is 3.93. The highest BCUT2D eigenvalue weighted by Crippen LogP contribution is 2.40. The van der Waals surface area contributed by atoms with E-state index in [9.17, 15) is 4.79 Å². The molecule has 2 aliphatic rings. The van der Waals surface area contributed by atoms with Crippen LogP contribution in [0.3, 0.4) is 0 Å². The molecule has 2 fully saturated rings. The lowest BCUT2D eigenvalue weighted by Gasteiger charge is -2.33. The summed E-state index contributed by atoms with van der Waals surface area (Å²) in [4.78, 5) is 19.5. The number of aryl methyl sites for hydroxylation is 3. The van der Waals surface area contributed by atoms with E-state index in [1.807, 2.05) is 24.9 Å². The Morgan fingerprint density at radius 1 is 1.28 bits per heavy atom. The van der Waals surface area contributed by atoms with E-state index in [2.05, 4.69) is 21.6 Å². The van der Waals surface area contributed by atoms with E-state index in [-0.39, 0.29) is 5.91 Å². The smallest absolute Gasteiger partial charge is 0.259 e. The fourth-order valence-electron chi connectivity index (χ4n) is 3.99. The molecule has 0 radical (unpaired) electrons. The SMILES string of the molecule is Cc1noc(C)c1C(=O)N1CCCC(Cn2c(C)cnc2C2CC2)C1. The van der Waals surface area contributed by atoms with Crippen LogP contribution < -0.4 is 0 Å². The predicted molar refractivity (Wildman–Crippen MR) is 93.5 cm³/mol. The average Bonchev–Trinajstić information content (AvgIpc) is 3.31. The molecular formula is C19H26N4O2. The highest BCUT2D eigenvalue weighted by molar-refractivity contribution is 5.96. The van der Waals surface area contributed by atoms with E-state index in [0.29, 0.717) is 28.9 Å². The Labute approximate surface area is 148 Å². The second kappa shape index (κ2) is 6.32. The lowest BCUT2D eigenvalue weighted by molar-refractivity contribution is 0.0659. The molecule has 1 atom stereocenters. The molecule has 1 amide bonds. The lowest BCUT2D eigenvalue weighted by Crippen LogP contribution is -2.41. The van der Waals surface area contributed by atoms with Crippen molar-refractivity contribution in [1.29, 1.82) is 0 Å². The van der Waals surface area contributed by atoms with Crippen LogP contribution in [0.15, 0.2) is 10.7 Å². The van der Waals surface area contributed by atoms with Gasteiger partial charge in [0.2, 0.25) is 0 Å². The zero-order chi connectivity index (χ0) is 17.6. The maximum Gasteiger partial charge on any atom is 0.259 e. The standard InChI is InChI=1S/C19H26N4O2/c1-12-9-20-18(16-6-7-16)23(12)11-15-5-4-8-22(10-15)19(24)17-13(2)21-25-14(17)3/h9,15-16H,4-8,10-11H2,1-3H3. The Morgan fingerprint density at radius 3 is 2.76 bits per heavy atom. The first-order valence-corrected chi connectivity index (χ1v) is 9.28. The molecule has 1 aliphatic heterocycles. The summed E-state index contributed by atoms with van der Waals surface area (Å²) in [6.45, 7) is 8.35. The van der Waals surface area contributed by atoms with Crippen molar-refractivity contribution < 1.29 is 9.32 Å². The second-order valence-electron chi connectivity index (χ2n) is 7.60. The van der Waals surface area contributed by atoms with Crippen molar-refractivity contribution in [3.8, 4) is 0 Å². The zero-order valence-corrected chi connectivity index (χ0v) is 15.3. The molecule has 4 rings (SSSR count).